The van der Waals surface area contributed by atoms with Gasteiger partial charge in [-0.3, -0.25) is 6.42 Å². The third kappa shape index (κ3) is 88.7. The van der Waals surface area contributed by atoms with Crippen molar-refractivity contribution in [3.63, 3.8) is 0 Å². The van der Waals surface area contributed by atoms with Crippen molar-refractivity contribution in [2.24, 2.45) is 0 Å². The molecule has 0 saturated heterocycles. The van der Waals surface area contributed by atoms with Crippen molar-refractivity contribution in [1.82, 2.24) is 0 Å². The van der Waals surface area contributed by atoms with E-state index in [1.807, 2.05) is 0 Å². The molecule has 0 aliphatic carbocycles. The summed E-state index contributed by atoms with van der Waals surface area (Å²) in [5.74, 6) is -0.375. The average Bonchev–Trinajstić information content (AvgIpc) is 2.16. The molecule has 0 fully saturated rings. The number of nitrogens with one attached hydrogen (secondary N) is 4. The first-order valence-electron chi connectivity index (χ1n) is 4.40. The van der Waals surface area contributed by atoms with E-state index in [0.29, 0.717) is 0 Å². The number of hydrogen-bond donors (Lipinski definition) is 0. The summed E-state index contributed by atoms with van der Waals surface area (Å²) in [7, 11) is 0. The molecule has 0 atom stereocenters. The fourth-order valence-corrected chi connectivity index (χ4v) is 0.286. The van der Waals surface area contributed by atoms with Crippen LogP contribution in [-0.2, 0) is 26.4 Å². The summed E-state index contributed by atoms with van der Waals surface area (Å²) in [6.45, 7) is 3.64. The second-order valence-corrected chi connectivity index (χ2v) is 2.37. The van der Waals surface area contributed by atoms with Gasteiger partial charge in [-0.1, -0.05) is 0 Å². The number of Topliss-reactive ketones (excluding diaryl/α,β-unsaturated/α-hetero) is 2. The summed E-state index contributed by atoms with van der Waals surface area (Å²) in [6.07, 6.45) is 1.06. The van der Waals surface area contributed by atoms with Crippen LogP contribution in [0.4, 0.5) is 0 Å². The van der Waals surface area contributed by atoms with Gasteiger partial charge >= 0.3 is 16.8 Å². The Morgan fingerprint density at radius 1 is 0.778 bits per heavy atom. The minimum absolute atomic E-state index is 0. The third-order valence-electron chi connectivity index (χ3n) is 0.657. The van der Waals surface area contributed by atoms with Crippen LogP contribution < -0.4 is 48.0 Å². The molecule has 0 radical (unpaired) electrons. The number of rotatable bonds is 4. The van der Waals surface area contributed by atoms with Crippen molar-refractivity contribution in [2.75, 3.05) is 26.2 Å². The van der Waals surface area contributed by atoms with Crippen molar-refractivity contribution >= 4 is 11.6 Å². The van der Waals surface area contributed by atoms with Crippen LogP contribution in [0, 0.1) is 6.42 Å². The van der Waals surface area contributed by atoms with E-state index in [0.717, 1.165) is 6.42 Å². The SMILES string of the molecule is CC(=O)[CH-]C(C)=O.[Co+3].[I-].[I-].[NH-]CC[NH-].[NH-]CC[NH-]. The van der Waals surface area contributed by atoms with Crippen molar-refractivity contribution in [1.29, 1.82) is 0 Å². The average molecular weight is 528 g/mol. The molecule has 0 saturated carbocycles. The number of halogens is 2. The van der Waals surface area contributed by atoms with E-state index in [1.54, 1.807) is 0 Å². The molecule has 0 aromatic rings. The summed E-state index contributed by atoms with van der Waals surface area (Å²) in [5.41, 5.74) is 25.1. The molecule has 0 unspecified atom stereocenters. The summed E-state index contributed by atoms with van der Waals surface area (Å²) < 4.78 is 0. The minimum Gasteiger partial charge on any atom is -1.00 e. The largest absolute Gasteiger partial charge is 3.00 e. The van der Waals surface area contributed by atoms with Crippen molar-refractivity contribution in [3.8, 4) is 0 Å². The van der Waals surface area contributed by atoms with Crippen LogP contribution in [-0.4, -0.2) is 37.7 Å². The first-order chi connectivity index (χ1) is 6.95. The van der Waals surface area contributed by atoms with Gasteiger partial charge in [0.15, 0.2) is 0 Å². The maximum atomic E-state index is 9.98. The van der Waals surface area contributed by atoms with E-state index in [1.165, 1.54) is 13.8 Å². The van der Waals surface area contributed by atoms with Crippen LogP contribution in [0.2, 0.25) is 0 Å². The molecule has 18 heavy (non-hydrogen) atoms. The second kappa shape index (κ2) is 36.1. The molecule has 114 valence electrons. The van der Waals surface area contributed by atoms with Gasteiger partial charge in [-0.25, -0.2) is 0 Å². The zero-order valence-electron chi connectivity index (χ0n) is 10.3. The predicted octanol–water partition coefficient (Wildman–Crippen LogP) is -3.44. The summed E-state index contributed by atoms with van der Waals surface area (Å²) >= 11 is 0. The molecule has 0 amide bonds. The molecule has 0 aromatic heterocycles. The van der Waals surface area contributed by atoms with Crippen LogP contribution in [0.1, 0.15) is 13.8 Å². The molecular weight excluding hydrogens is 509 g/mol. The van der Waals surface area contributed by atoms with Gasteiger partial charge in [-0.15, -0.1) is 0 Å². The normalized spacial score (nSPS) is 6.33. The summed E-state index contributed by atoms with van der Waals surface area (Å²) in [5, 5.41) is 0. The Labute approximate surface area is 154 Å². The Morgan fingerprint density at radius 3 is 0.944 bits per heavy atom. The predicted molar refractivity (Wildman–Crippen MR) is 62.4 cm³/mol. The molecule has 0 aromatic carbocycles. The van der Waals surface area contributed by atoms with E-state index in [2.05, 4.69) is 0 Å². The van der Waals surface area contributed by atoms with E-state index >= 15 is 0 Å². The summed E-state index contributed by atoms with van der Waals surface area (Å²) in [4.78, 5) is 20.0. The Morgan fingerprint density at radius 2 is 0.944 bits per heavy atom. The molecule has 6 nitrogen and oxygen atoms in total. The van der Waals surface area contributed by atoms with Gasteiger partial charge < -0.3 is 80.5 Å². The number of carbonyl (C=O) groups excluding carboxylic acids is 2. The fraction of sp³-hybridized carbons (Fsp3) is 0.667. The van der Waals surface area contributed by atoms with Gasteiger partial charge in [0.05, 0.1) is 0 Å². The first-order valence-corrected chi connectivity index (χ1v) is 4.40. The third-order valence-corrected chi connectivity index (χ3v) is 0.657. The van der Waals surface area contributed by atoms with Gasteiger partial charge in [0.25, 0.3) is 0 Å². The Balaban J connectivity index is -0.0000000292. The Kier molecular flexibility index (Phi) is 73.1. The maximum absolute atomic E-state index is 9.98. The van der Waals surface area contributed by atoms with Gasteiger partial charge in [0, 0.05) is 11.6 Å². The van der Waals surface area contributed by atoms with Crippen LogP contribution in [0.25, 0.3) is 22.9 Å². The zero-order chi connectivity index (χ0) is 12.7. The first kappa shape index (κ1) is 36.4. The second-order valence-electron chi connectivity index (χ2n) is 2.37. The van der Waals surface area contributed by atoms with Crippen LogP contribution >= 0.6 is 0 Å². The molecule has 4 N–H and O–H groups in total. The molecule has 0 aliphatic heterocycles. The van der Waals surface area contributed by atoms with Gasteiger partial charge in [0.1, 0.15) is 0 Å². The smallest absolute Gasteiger partial charge is 1.00 e. The Hall–Kier alpha value is 1.02. The molecular formula is C9H19CoI2N4O2-4. The maximum Gasteiger partial charge on any atom is 3.00 e. The van der Waals surface area contributed by atoms with E-state index in [9.17, 15) is 9.59 Å². The molecule has 0 spiro atoms. The monoisotopic (exact) mass is 528 g/mol. The number of hydrogen-bond acceptors (Lipinski definition) is 2. The van der Waals surface area contributed by atoms with Crippen molar-refractivity contribution in [2.45, 2.75) is 13.8 Å². The van der Waals surface area contributed by atoms with Crippen LogP contribution in [0.5, 0.6) is 0 Å². The topological polar surface area (TPSA) is 129 Å². The minimum atomic E-state index is -0.187. The molecule has 0 heterocycles. The van der Waals surface area contributed by atoms with E-state index < -0.39 is 0 Å². The van der Waals surface area contributed by atoms with Gasteiger partial charge in [0.2, 0.25) is 0 Å². The van der Waals surface area contributed by atoms with E-state index in [4.69, 9.17) is 22.9 Å². The van der Waals surface area contributed by atoms with Crippen LogP contribution in [0.15, 0.2) is 0 Å². The molecule has 0 rings (SSSR count). The Bertz CT molecular complexity index is 146. The van der Waals surface area contributed by atoms with Gasteiger partial charge in [-0.05, 0) is 13.8 Å². The van der Waals surface area contributed by atoms with Crippen molar-refractivity contribution < 1.29 is 74.3 Å². The molecule has 0 aliphatic rings. The number of ketones is 2. The fourth-order valence-electron chi connectivity index (χ4n) is 0.286. The van der Waals surface area contributed by atoms with Crippen LogP contribution in [0.3, 0.4) is 0 Å². The van der Waals surface area contributed by atoms with Gasteiger partial charge in [-0.2, -0.15) is 26.2 Å². The standard InChI is InChI=1S/C5H7O2.2C2H6N2.Co.2HI/c1-4(6)3-5(2)7;2*3-1-2-4;;;/h3H,1-2H3;2*3-4H,1-2H2;;2*1H/q-1;2*-2;+3;;/p-2. The van der Waals surface area contributed by atoms with Crippen molar-refractivity contribution in [3.05, 3.63) is 29.4 Å². The number of carbonyl (C=O) groups is 2. The quantitative estimate of drug-likeness (QED) is 0.214. The summed E-state index contributed by atoms with van der Waals surface area (Å²) in [6, 6.07) is 0. The molecule has 0 bridgehead atoms. The van der Waals surface area contributed by atoms with E-state index in [-0.39, 0.29) is 102 Å². The molecule has 9 heteroatoms. The zero-order valence-corrected chi connectivity index (χ0v) is 15.7.